The van der Waals surface area contributed by atoms with Gasteiger partial charge in [0.25, 0.3) is 5.56 Å². The third kappa shape index (κ3) is 3.57. The fourth-order valence-corrected chi connectivity index (χ4v) is 5.66. The Kier molecular flexibility index (Phi) is 4.87. The van der Waals surface area contributed by atoms with Crippen molar-refractivity contribution in [2.75, 3.05) is 6.54 Å². The largest absolute Gasteiger partial charge is 0.294 e. The van der Waals surface area contributed by atoms with Crippen LogP contribution in [0.4, 0.5) is 0 Å². The Morgan fingerprint density at radius 2 is 2.07 bits per heavy atom. The van der Waals surface area contributed by atoms with Gasteiger partial charge in [-0.3, -0.25) is 9.69 Å². The van der Waals surface area contributed by atoms with Gasteiger partial charge in [-0.2, -0.15) is 9.78 Å². The molecule has 3 aromatic heterocycles. The molecule has 1 aromatic carbocycles. The van der Waals surface area contributed by atoms with Gasteiger partial charge < -0.3 is 0 Å². The Morgan fingerprint density at radius 3 is 2.86 bits per heavy atom. The van der Waals surface area contributed by atoms with Crippen molar-refractivity contribution in [3.8, 4) is 0 Å². The predicted octanol–water partition coefficient (Wildman–Crippen LogP) is 4.27. The van der Waals surface area contributed by atoms with Gasteiger partial charge in [-0.25, -0.2) is 4.98 Å². The second kappa shape index (κ2) is 7.67. The van der Waals surface area contributed by atoms with E-state index in [1.54, 1.807) is 28.9 Å². The Morgan fingerprint density at radius 1 is 1.21 bits per heavy atom. The highest BCUT2D eigenvalue weighted by molar-refractivity contribution is 7.18. The number of fused-ring (bicyclic) bond motifs is 3. The molecule has 1 aliphatic rings. The Bertz CT molecular complexity index is 1240. The summed E-state index contributed by atoms with van der Waals surface area (Å²) in [7, 11) is 0. The Labute approximate surface area is 176 Å². The van der Waals surface area contributed by atoms with Crippen LogP contribution in [0.1, 0.15) is 26.7 Å². The third-order valence-corrected chi connectivity index (χ3v) is 7.10. The molecule has 4 aromatic rings. The van der Waals surface area contributed by atoms with E-state index in [0.29, 0.717) is 5.82 Å². The molecule has 0 saturated heterocycles. The van der Waals surface area contributed by atoms with E-state index in [4.69, 9.17) is 4.98 Å². The van der Waals surface area contributed by atoms with Crippen LogP contribution in [0.15, 0.2) is 57.7 Å². The fraction of sp³-hybridized carbons (Fsp3) is 0.227. The zero-order valence-corrected chi connectivity index (χ0v) is 17.7. The van der Waals surface area contributed by atoms with Crippen molar-refractivity contribution >= 4 is 39.1 Å². The maximum absolute atomic E-state index is 13.2. The first kappa shape index (κ1) is 18.4. The van der Waals surface area contributed by atoms with E-state index < -0.39 is 0 Å². The van der Waals surface area contributed by atoms with Crippen molar-refractivity contribution in [1.29, 1.82) is 0 Å². The van der Waals surface area contributed by atoms with Crippen LogP contribution < -0.4 is 5.56 Å². The van der Waals surface area contributed by atoms with Crippen LogP contribution in [0.2, 0.25) is 0 Å². The van der Waals surface area contributed by atoms with Gasteiger partial charge in [0.05, 0.1) is 11.6 Å². The average molecular weight is 421 g/mol. The lowest BCUT2D eigenvalue weighted by atomic mass is 10.0. The van der Waals surface area contributed by atoms with Crippen molar-refractivity contribution in [2.45, 2.75) is 26.4 Å². The number of benzene rings is 1. The Balaban J connectivity index is 1.49. The quantitative estimate of drug-likeness (QED) is 0.463. The minimum Gasteiger partial charge on any atom is -0.294 e. The first-order valence-electron chi connectivity index (χ1n) is 9.57. The number of rotatable bonds is 4. The molecule has 7 heteroatoms. The lowest BCUT2D eigenvalue weighted by Gasteiger charge is -2.26. The zero-order chi connectivity index (χ0) is 19.8. The molecule has 0 saturated carbocycles. The topological polar surface area (TPSA) is 50.5 Å². The second-order valence-electron chi connectivity index (χ2n) is 7.17. The molecule has 5 nitrogen and oxygen atoms in total. The van der Waals surface area contributed by atoms with E-state index in [1.807, 2.05) is 30.5 Å². The molecule has 0 aliphatic carbocycles. The molecule has 0 bridgehead atoms. The second-order valence-corrected chi connectivity index (χ2v) is 9.23. The van der Waals surface area contributed by atoms with Gasteiger partial charge in [-0.15, -0.1) is 22.7 Å². The molecule has 0 radical (unpaired) electrons. The maximum atomic E-state index is 13.2. The highest BCUT2D eigenvalue weighted by atomic mass is 32.1. The Hall–Kier alpha value is -2.61. The molecular formula is C22H20N4OS2. The van der Waals surface area contributed by atoms with Gasteiger partial charge in [-0.05, 0) is 35.9 Å². The summed E-state index contributed by atoms with van der Waals surface area (Å²) in [5, 5.41) is 7.16. The minimum atomic E-state index is -0.0608. The van der Waals surface area contributed by atoms with Crippen LogP contribution in [0.3, 0.4) is 0 Å². The normalized spacial score (nSPS) is 14.7. The number of thiophene rings is 2. The molecule has 1 aliphatic heterocycles. The molecule has 146 valence electrons. The number of aryl methyl sites for hydroxylation is 1. The maximum Gasteiger partial charge on any atom is 0.283 e. The summed E-state index contributed by atoms with van der Waals surface area (Å²) < 4.78 is 1.44. The summed E-state index contributed by atoms with van der Waals surface area (Å²) in [5.41, 5.74) is 2.41. The summed E-state index contributed by atoms with van der Waals surface area (Å²) in [6, 6.07) is 14.5. The fourth-order valence-electron chi connectivity index (χ4n) is 3.78. The zero-order valence-electron chi connectivity index (χ0n) is 16.0. The molecule has 0 amide bonds. The average Bonchev–Trinajstić information content (AvgIpc) is 3.35. The number of hydrogen-bond donors (Lipinski definition) is 0. The van der Waals surface area contributed by atoms with Crippen molar-refractivity contribution in [3.63, 3.8) is 0 Å². The van der Waals surface area contributed by atoms with Crippen molar-refractivity contribution < 1.29 is 0 Å². The lowest BCUT2D eigenvalue weighted by Crippen LogP contribution is -2.30. The minimum absolute atomic E-state index is 0.0608. The highest BCUT2D eigenvalue weighted by Crippen LogP contribution is 2.33. The molecule has 0 N–H and O–H groups in total. The number of aromatic nitrogens is 2. The van der Waals surface area contributed by atoms with Gasteiger partial charge in [0.2, 0.25) is 0 Å². The molecule has 0 fully saturated rings. The molecule has 0 unspecified atom stereocenters. The van der Waals surface area contributed by atoms with Crippen LogP contribution in [0.5, 0.6) is 0 Å². The smallest absolute Gasteiger partial charge is 0.283 e. The first-order valence-corrected chi connectivity index (χ1v) is 11.3. The molecular weight excluding hydrogens is 400 g/mol. The molecule has 29 heavy (non-hydrogen) atoms. The van der Waals surface area contributed by atoms with E-state index in [9.17, 15) is 4.79 Å². The van der Waals surface area contributed by atoms with Crippen LogP contribution >= 0.6 is 22.7 Å². The summed E-state index contributed by atoms with van der Waals surface area (Å²) in [4.78, 5) is 23.5. The predicted molar refractivity (Wildman–Crippen MR) is 120 cm³/mol. The van der Waals surface area contributed by atoms with Crippen molar-refractivity contribution in [2.24, 2.45) is 5.10 Å². The van der Waals surface area contributed by atoms with Gasteiger partial charge in [0, 0.05) is 29.4 Å². The number of nitrogens with zero attached hydrogens (tertiary/aromatic N) is 4. The lowest BCUT2D eigenvalue weighted by molar-refractivity contribution is 0.249. The van der Waals surface area contributed by atoms with E-state index in [2.05, 4.69) is 34.3 Å². The summed E-state index contributed by atoms with van der Waals surface area (Å²) in [6.45, 7) is 4.57. The van der Waals surface area contributed by atoms with E-state index in [0.717, 1.165) is 46.7 Å². The van der Waals surface area contributed by atoms with Gasteiger partial charge in [0.15, 0.2) is 0 Å². The van der Waals surface area contributed by atoms with E-state index in [-0.39, 0.29) is 5.56 Å². The third-order valence-electron chi connectivity index (χ3n) is 5.19. The van der Waals surface area contributed by atoms with Crippen LogP contribution in [-0.2, 0) is 19.5 Å². The van der Waals surface area contributed by atoms with Gasteiger partial charge in [0.1, 0.15) is 10.7 Å². The van der Waals surface area contributed by atoms with Crippen molar-refractivity contribution in [1.82, 2.24) is 14.6 Å². The highest BCUT2D eigenvalue weighted by Gasteiger charge is 2.24. The van der Waals surface area contributed by atoms with Crippen LogP contribution in [0.25, 0.3) is 10.2 Å². The SMILES string of the molecule is Cc1nc2sc3c(c2c(=O)n1/N=C/c1cccs1)CCN(Cc1ccccc1)C3. The van der Waals surface area contributed by atoms with E-state index in [1.165, 1.54) is 15.1 Å². The van der Waals surface area contributed by atoms with Gasteiger partial charge >= 0.3 is 0 Å². The molecule has 0 spiro atoms. The monoisotopic (exact) mass is 420 g/mol. The molecule has 5 rings (SSSR count). The first-order chi connectivity index (χ1) is 14.2. The summed E-state index contributed by atoms with van der Waals surface area (Å²) in [6.07, 6.45) is 2.60. The van der Waals surface area contributed by atoms with Crippen LogP contribution in [0, 0.1) is 6.92 Å². The summed E-state index contributed by atoms with van der Waals surface area (Å²) >= 11 is 3.25. The standard InChI is InChI=1S/C22H20N4OS2/c1-15-24-21-20(22(27)26(15)23-12-17-8-5-11-28-17)18-9-10-25(14-19(18)29-21)13-16-6-3-2-4-7-16/h2-8,11-12H,9-10,13-14H2,1H3/b23-12+. The summed E-state index contributed by atoms with van der Waals surface area (Å²) in [5.74, 6) is 0.620. The van der Waals surface area contributed by atoms with Crippen LogP contribution in [-0.4, -0.2) is 27.3 Å². The number of hydrogen-bond acceptors (Lipinski definition) is 6. The molecule has 0 atom stereocenters. The van der Waals surface area contributed by atoms with Crippen molar-refractivity contribution in [3.05, 3.63) is 84.9 Å². The van der Waals surface area contributed by atoms with Gasteiger partial charge in [-0.1, -0.05) is 36.4 Å². The van der Waals surface area contributed by atoms with E-state index >= 15 is 0 Å². The molecule has 4 heterocycles.